The standard InChI is InChI=1S/C13H22N2S/c1-13(2,14)8-7-12-15-11(9-16-12)10-5-3-4-6-10/h9-10H,3-8,14H2,1-2H3. The molecule has 2 rings (SSSR count). The van der Waals surface area contributed by atoms with E-state index in [1.165, 1.54) is 36.4 Å². The summed E-state index contributed by atoms with van der Waals surface area (Å²) < 4.78 is 0. The van der Waals surface area contributed by atoms with E-state index in [0.29, 0.717) is 0 Å². The summed E-state index contributed by atoms with van der Waals surface area (Å²) >= 11 is 1.81. The Kier molecular flexibility index (Phi) is 3.65. The molecule has 1 heterocycles. The maximum absolute atomic E-state index is 5.99. The highest BCUT2D eigenvalue weighted by Gasteiger charge is 2.20. The second-order valence-electron chi connectivity index (χ2n) is 5.64. The number of rotatable bonds is 4. The number of hydrogen-bond acceptors (Lipinski definition) is 3. The molecule has 0 saturated heterocycles. The van der Waals surface area contributed by atoms with Crippen molar-refractivity contribution in [2.75, 3.05) is 0 Å². The molecule has 0 atom stereocenters. The van der Waals surface area contributed by atoms with Crippen LogP contribution in [-0.2, 0) is 6.42 Å². The second-order valence-corrected chi connectivity index (χ2v) is 6.58. The van der Waals surface area contributed by atoms with E-state index in [4.69, 9.17) is 10.7 Å². The Hall–Kier alpha value is -0.410. The fourth-order valence-electron chi connectivity index (χ4n) is 2.28. The van der Waals surface area contributed by atoms with Crippen molar-refractivity contribution < 1.29 is 0 Å². The first kappa shape index (κ1) is 12.1. The largest absolute Gasteiger partial charge is 0.326 e. The molecule has 0 unspecified atom stereocenters. The molecule has 1 aliphatic carbocycles. The van der Waals surface area contributed by atoms with Gasteiger partial charge in [-0.25, -0.2) is 4.98 Å². The summed E-state index contributed by atoms with van der Waals surface area (Å²) in [5.74, 6) is 0.746. The van der Waals surface area contributed by atoms with E-state index in [-0.39, 0.29) is 5.54 Å². The molecule has 1 aliphatic rings. The Morgan fingerprint density at radius 1 is 1.44 bits per heavy atom. The van der Waals surface area contributed by atoms with Gasteiger partial charge in [0.15, 0.2) is 0 Å². The maximum atomic E-state index is 5.99. The predicted octanol–water partition coefficient (Wildman–Crippen LogP) is 3.47. The van der Waals surface area contributed by atoms with Crippen molar-refractivity contribution in [3.8, 4) is 0 Å². The molecule has 1 fully saturated rings. The quantitative estimate of drug-likeness (QED) is 0.872. The number of thiazole rings is 1. The molecule has 3 heteroatoms. The zero-order valence-electron chi connectivity index (χ0n) is 10.3. The first-order valence-electron chi connectivity index (χ1n) is 6.28. The van der Waals surface area contributed by atoms with Gasteiger partial charge >= 0.3 is 0 Å². The van der Waals surface area contributed by atoms with Crippen molar-refractivity contribution in [3.05, 3.63) is 16.1 Å². The molecule has 0 aliphatic heterocycles. The molecule has 0 spiro atoms. The molecule has 0 amide bonds. The number of aromatic nitrogens is 1. The van der Waals surface area contributed by atoms with E-state index in [2.05, 4.69) is 19.2 Å². The van der Waals surface area contributed by atoms with Crippen LogP contribution in [0.25, 0.3) is 0 Å². The molecule has 90 valence electrons. The van der Waals surface area contributed by atoms with Crippen molar-refractivity contribution in [3.63, 3.8) is 0 Å². The van der Waals surface area contributed by atoms with Crippen molar-refractivity contribution in [1.29, 1.82) is 0 Å². The molecule has 0 bridgehead atoms. The Bertz CT molecular complexity index is 332. The number of nitrogens with two attached hydrogens (primary N) is 1. The van der Waals surface area contributed by atoms with Gasteiger partial charge in [0.05, 0.1) is 10.7 Å². The summed E-state index contributed by atoms with van der Waals surface area (Å²) in [6.07, 6.45) is 7.49. The minimum Gasteiger partial charge on any atom is -0.326 e. The van der Waals surface area contributed by atoms with Gasteiger partial charge in [0.1, 0.15) is 0 Å². The summed E-state index contributed by atoms with van der Waals surface area (Å²) in [4.78, 5) is 4.76. The van der Waals surface area contributed by atoms with E-state index in [1.807, 2.05) is 11.3 Å². The van der Waals surface area contributed by atoms with Crippen molar-refractivity contribution >= 4 is 11.3 Å². The Labute approximate surface area is 102 Å². The zero-order chi connectivity index (χ0) is 11.6. The third kappa shape index (κ3) is 3.29. The average Bonchev–Trinajstić information content (AvgIpc) is 2.84. The third-order valence-corrected chi connectivity index (χ3v) is 4.25. The minimum absolute atomic E-state index is 0.0702. The summed E-state index contributed by atoms with van der Waals surface area (Å²) in [7, 11) is 0. The van der Waals surface area contributed by atoms with Crippen molar-refractivity contribution in [2.45, 2.75) is 63.8 Å². The van der Waals surface area contributed by atoms with E-state index in [9.17, 15) is 0 Å². The summed E-state index contributed by atoms with van der Waals surface area (Å²) in [5.41, 5.74) is 7.26. The van der Waals surface area contributed by atoms with Crippen LogP contribution in [-0.4, -0.2) is 10.5 Å². The van der Waals surface area contributed by atoms with Gasteiger partial charge in [-0.1, -0.05) is 12.8 Å². The smallest absolute Gasteiger partial charge is 0.0929 e. The molecule has 0 radical (unpaired) electrons. The van der Waals surface area contributed by atoms with Crippen LogP contribution in [0.4, 0.5) is 0 Å². The summed E-state index contributed by atoms with van der Waals surface area (Å²) in [5, 5.41) is 3.52. The molecular formula is C13H22N2S. The average molecular weight is 238 g/mol. The molecule has 16 heavy (non-hydrogen) atoms. The fraction of sp³-hybridized carbons (Fsp3) is 0.769. The minimum atomic E-state index is -0.0702. The van der Waals surface area contributed by atoms with Crippen LogP contribution >= 0.6 is 11.3 Å². The van der Waals surface area contributed by atoms with E-state index >= 15 is 0 Å². The number of hydrogen-bond donors (Lipinski definition) is 1. The molecule has 1 aromatic heterocycles. The third-order valence-electron chi connectivity index (χ3n) is 3.33. The lowest BCUT2D eigenvalue weighted by molar-refractivity contribution is 0.476. The fourth-order valence-corrected chi connectivity index (χ4v) is 3.16. The Morgan fingerprint density at radius 2 is 2.12 bits per heavy atom. The topological polar surface area (TPSA) is 38.9 Å². The van der Waals surface area contributed by atoms with Crippen LogP contribution in [0.2, 0.25) is 0 Å². The van der Waals surface area contributed by atoms with Gasteiger partial charge in [-0.15, -0.1) is 11.3 Å². The monoisotopic (exact) mass is 238 g/mol. The lowest BCUT2D eigenvalue weighted by Gasteiger charge is -2.16. The van der Waals surface area contributed by atoms with Crippen LogP contribution in [0.5, 0.6) is 0 Å². The number of aryl methyl sites for hydroxylation is 1. The molecule has 1 saturated carbocycles. The van der Waals surface area contributed by atoms with Crippen molar-refractivity contribution in [2.24, 2.45) is 5.73 Å². The first-order valence-corrected chi connectivity index (χ1v) is 7.16. The van der Waals surface area contributed by atoms with Crippen LogP contribution in [0.15, 0.2) is 5.38 Å². The maximum Gasteiger partial charge on any atom is 0.0929 e. The molecular weight excluding hydrogens is 216 g/mol. The van der Waals surface area contributed by atoms with Crippen LogP contribution < -0.4 is 5.73 Å². The lowest BCUT2D eigenvalue weighted by atomic mass is 10.0. The summed E-state index contributed by atoms with van der Waals surface area (Å²) in [6.45, 7) is 4.16. The summed E-state index contributed by atoms with van der Waals surface area (Å²) in [6, 6.07) is 0. The highest BCUT2D eigenvalue weighted by atomic mass is 32.1. The van der Waals surface area contributed by atoms with E-state index in [0.717, 1.165) is 18.8 Å². The van der Waals surface area contributed by atoms with Gasteiger partial charge in [0.25, 0.3) is 0 Å². The molecule has 0 aromatic carbocycles. The Balaban J connectivity index is 1.91. The predicted molar refractivity (Wildman–Crippen MR) is 69.9 cm³/mol. The van der Waals surface area contributed by atoms with Gasteiger partial charge in [-0.05, 0) is 33.1 Å². The van der Waals surface area contributed by atoms with Gasteiger partial charge in [0.2, 0.25) is 0 Å². The first-order chi connectivity index (χ1) is 7.54. The highest BCUT2D eigenvalue weighted by Crippen LogP contribution is 2.34. The zero-order valence-corrected chi connectivity index (χ0v) is 11.1. The van der Waals surface area contributed by atoms with Crippen LogP contribution in [0.3, 0.4) is 0 Å². The highest BCUT2D eigenvalue weighted by molar-refractivity contribution is 7.09. The molecule has 2 nitrogen and oxygen atoms in total. The lowest BCUT2D eigenvalue weighted by Crippen LogP contribution is -2.32. The van der Waals surface area contributed by atoms with Crippen molar-refractivity contribution in [1.82, 2.24) is 4.98 Å². The van der Waals surface area contributed by atoms with Crippen LogP contribution in [0.1, 0.15) is 62.6 Å². The molecule has 1 aromatic rings. The van der Waals surface area contributed by atoms with Gasteiger partial charge < -0.3 is 5.73 Å². The van der Waals surface area contributed by atoms with Crippen LogP contribution in [0, 0.1) is 0 Å². The van der Waals surface area contributed by atoms with E-state index < -0.39 is 0 Å². The number of nitrogens with zero attached hydrogens (tertiary/aromatic N) is 1. The van der Waals surface area contributed by atoms with Gasteiger partial charge in [0, 0.05) is 23.3 Å². The SMILES string of the molecule is CC(C)(N)CCc1nc(C2CCCC2)cs1. The van der Waals surface area contributed by atoms with Gasteiger partial charge in [-0.3, -0.25) is 0 Å². The van der Waals surface area contributed by atoms with E-state index in [1.54, 1.807) is 0 Å². The molecule has 2 N–H and O–H groups in total. The second kappa shape index (κ2) is 4.84. The van der Waals surface area contributed by atoms with Gasteiger partial charge in [-0.2, -0.15) is 0 Å². The normalized spacial score (nSPS) is 18.2. The Morgan fingerprint density at radius 3 is 2.75 bits per heavy atom.